The molecule has 0 aliphatic carbocycles. The molecule has 320 valence electrons. The van der Waals surface area contributed by atoms with Crippen molar-refractivity contribution in [3.05, 3.63) is 0 Å². The van der Waals surface area contributed by atoms with E-state index in [0.29, 0.717) is 0 Å². The first-order valence-corrected chi connectivity index (χ1v) is 18.8. The zero-order valence-electron chi connectivity index (χ0n) is 35.4. The SMILES string of the molecule is COC[C@]1(C)OC(C)(CO)[C@@H](COC[C@]2(C)OC(C)(CO)[C@@H](COC[C@]3(C)OC(C)(CO)[C@@](C)(COC)[C@@](C)(O)C3(C)N)[C@@](C)(O)C2(C)N)[C@@](C)(O)C1N. The van der Waals surface area contributed by atoms with Crippen LogP contribution < -0.4 is 17.2 Å². The molecule has 0 aromatic heterocycles. The summed E-state index contributed by atoms with van der Waals surface area (Å²) >= 11 is 0. The van der Waals surface area contributed by atoms with Crippen LogP contribution in [-0.4, -0.2) is 172 Å². The van der Waals surface area contributed by atoms with Gasteiger partial charge in [-0.05, 0) is 76.2 Å². The Morgan fingerprint density at radius 1 is 0.537 bits per heavy atom. The van der Waals surface area contributed by atoms with Gasteiger partial charge < -0.3 is 81.0 Å². The van der Waals surface area contributed by atoms with E-state index in [9.17, 15) is 30.6 Å². The van der Waals surface area contributed by atoms with Gasteiger partial charge in [-0.15, -0.1) is 0 Å². The van der Waals surface area contributed by atoms with Crippen molar-refractivity contribution in [1.29, 1.82) is 0 Å². The predicted octanol–water partition coefficient (Wildman–Crippen LogP) is -0.814. The summed E-state index contributed by atoms with van der Waals surface area (Å²) < 4.78 is 43.0. The highest BCUT2D eigenvalue weighted by Crippen LogP contribution is 2.58. The zero-order chi connectivity index (χ0) is 42.0. The van der Waals surface area contributed by atoms with Crippen LogP contribution in [0.5, 0.6) is 0 Å². The molecule has 3 rings (SSSR count). The lowest BCUT2D eigenvalue weighted by molar-refractivity contribution is -0.362. The second kappa shape index (κ2) is 14.9. The van der Waals surface area contributed by atoms with Crippen LogP contribution in [0.3, 0.4) is 0 Å². The molecular weight excluding hydrogens is 706 g/mol. The summed E-state index contributed by atoms with van der Waals surface area (Å²) in [4.78, 5) is 0. The van der Waals surface area contributed by atoms with Crippen molar-refractivity contribution >= 4 is 0 Å². The van der Waals surface area contributed by atoms with E-state index < -0.39 is 105 Å². The van der Waals surface area contributed by atoms with Gasteiger partial charge in [0.1, 0.15) is 16.8 Å². The zero-order valence-corrected chi connectivity index (χ0v) is 35.4. The summed E-state index contributed by atoms with van der Waals surface area (Å²) in [6.45, 7) is 18.0. The number of hydrogen-bond donors (Lipinski definition) is 9. The molecule has 0 radical (unpaired) electrons. The summed E-state index contributed by atoms with van der Waals surface area (Å²) in [6.07, 6.45) is 0. The van der Waals surface area contributed by atoms with Crippen molar-refractivity contribution in [1.82, 2.24) is 0 Å². The maximum atomic E-state index is 12.4. The Morgan fingerprint density at radius 2 is 0.981 bits per heavy atom. The minimum Gasteiger partial charge on any atom is -0.393 e. The van der Waals surface area contributed by atoms with Gasteiger partial charge in [0.25, 0.3) is 0 Å². The fourth-order valence-electron chi connectivity index (χ4n) is 9.89. The summed E-state index contributed by atoms with van der Waals surface area (Å²) in [7, 11) is 3.00. The fraction of sp³-hybridized carbons (Fsp3) is 1.00. The van der Waals surface area contributed by atoms with Crippen LogP contribution >= 0.6 is 0 Å². The second-order valence-electron chi connectivity index (χ2n) is 19.1. The van der Waals surface area contributed by atoms with E-state index in [0.717, 1.165) is 0 Å². The van der Waals surface area contributed by atoms with Crippen molar-refractivity contribution in [3.63, 3.8) is 0 Å². The van der Waals surface area contributed by atoms with Gasteiger partial charge in [-0.3, -0.25) is 0 Å². The average Bonchev–Trinajstić information content (AvgIpc) is 3.05. The molecule has 3 saturated heterocycles. The Hall–Kier alpha value is -0.640. The lowest BCUT2D eigenvalue weighted by atomic mass is 9.51. The molecule has 16 heteroatoms. The predicted molar refractivity (Wildman–Crippen MR) is 200 cm³/mol. The van der Waals surface area contributed by atoms with Crippen LogP contribution in [-0.2, 0) is 33.2 Å². The van der Waals surface area contributed by atoms with E-state index in [1.165, 1.54) is 14.2 Å². The molecule has 0 aromatic carbocycles. The monoisotopic (exact) mass is 782 g/mol. The first-order valence-electron chi connectivity index (χ1n) is 18.8. The highest BCUT2D eigenvalue weighted by molar-refractivity contribution is 5.25. The van der Waals surface area contributed by atoms with Gasteiger partial charge in [0.2, 0.25) is 0 Å². The number of ether oxygens (including phenoxy) is 7. The minimum absolute atomic E-state index is 0.0470. The third-order valence-corrected chi connectivity index (χ3v) is 15.1. The van der Waals surface area contributed by atoms with Gasteiger partial charge in [-0.2, -0.15) is 0 Å². The molecule has 3 heterocycles. The number of aliphatic hydroxyl groups is 6. The average molecular weight is 782 g/mol. The summed E-state index contributed by atoms with van der Waals surface area (Å²) in [5, 5.41) is 68.2. The topological polar surface area (TPSA) is 264 Å². The summed E-state index contributed by atoms with van der Waals surface area (Å²) in [6, 6.07) is -0.907. The largest absolute Gasteiger partial charge is 0.393 e. The Balaban J connectivity index is 1.87. The molecular formula is C38H75N3O13. The molecule has 3 aliphatic rings. The second-order valence-corrected chi connectivity index (χ2v) is 19.1. The minimum atomic E-state index is -1.76. The number of aliphatic hydroxyl groups excluding tert-OH is 3. The standard InChI is InChI=1S/C38H75N3O13/c1-27(17-42)24(34(8,45)26(39)29(3,52-27)20-48-13)15-50-22-32(6)36(10,40)35(9,46)25(28(2,18-43)53-32)16-51-23-33(7)37(11,41)38(12,47)30(4,21-49-14)31(5,19-44)54-33/h24-26,42-47H,15-23,39-41H2,1-14H3/t24-,25-,26?,27?,28?,29+,30-,31?,32+,33+,34-,35-,36?,37?,38-/m1/s1. The van der Waals surface area contributed by atoms with Gasteiger partial charge in [-0.25, -0.2) is 0 Å². The van der Waals surface area contributed by atoms with Gasteiger partial charge >= 0.3 is 0 Å². The highest BCUT2D eigenvalue weighted by atomic mass is 16.6. The molecule has 12 N–H and O–H groups in total. The van der Waals surface area contributed by atoms with E-state index in [2.05, 4.69) is 0 Å². The Labute approximate surface area is 322 Å². The first kappa shape index (κ1) is 47.7. The van der Waals surface area contributed by atoms with Gasteiger partial charge in [-0.1, -0.05) is 6.92 Å². The van der Waals surface area contributed by atoms with Crippen LogP contribution in [0.4, 0.5) is 0 Å². The first-order chi connectivity index (χ1) is 24.3. The smallest absolute Gasteiger partial charge is 0.110 e. The van der Waals surface area contributed by atoms with Crippen LogP contribution in [0.2, 0.25) is 0 Å². The molecule has 0 aromatic rings. The number of rotatable bonds is 15. The molecule has 15 atom stereocenters. The molecule has 0 spiro atoms. The van der Waals surface area contributed by atoms with E-state index in [1.807, 2.05) is 0 Å². The molecule has 16 nitrogen and oxygen atoms in total. The van der Waals surface area contributed by atoms with E-state index >= 15 is 0 Å². The Bertz CT molecular complexity index is 1310. The third-order valence-electron chi connectivity index (χ3n) is 15.1. The van der Waals surface area contributed by atoms with Gasteiger partial charge in [0.05, 0.1) is 116 Å². The Morgan fingerprint density at radius 3 is 1.43 bits per heavy atom. The molecule has 0 amide bonds. The van der Waals surface area contributed by atoms with Crippen molar-refractivity contribution < 1.29 is 63.8 Å². The van der Waals surface area contributed by atoms with Crippen molar-refractivity contribution in [2.24, 2.45) is 34.5 Å². The maximum Gasteiger partial charge on any atom is 0.110 e. The van der Waals surface area contributed by atoms with Gasteiger partial charge in [0.15, 0.2) is 0 Å². The van der Waals surface area contributed by atoms with Gasteiger partial charge in [0, 0.05) is 26.1 Å². The van der Waals surface area contributed by atoms with Crippen LogP contribution in [0.15, 0.2) is 0 Å². The molecule has 0 saturated carbocycles. The van der Waals surface area contributed by atoms with Crippen LogP contribution in [0.25, 0.3) is 0 Å². The van der Waals surface area contributed by atoms with Crippen LogP contribution in [0.1, 0.15) is 83.1 Å². The molecule has 0 bridgehead atoms. The van der Waals surface area contributed by atoms with Crippen LogP contribution in [0, 0.1) is 17.3 Å². The fourth-order valence-corrected chi connectivity index (χ4v) is 9.89. The Kier molecular flexibility index (Phi) is 13.1. The molecule has 54 heavy (non-hydrogen) atoms. The molecule has 3 fully saturated rings. The number of methoxy groups -OCH3 is 2. The maximum absolute atomic E-state index is 12.4. The highest BCUT2D eigenvalue weighted by Gasteiger charge is 2.73. The van der Waals surface area contributed by atoms with Crippen molar-refractivity contribution in [2.75, 3.05) is 73.7 Å². The van der Waals surface area contributed by atoms with E-state index in [4.69, 9.17) is 50.4 Å². The summed E-state index contributed by atoms with van der Waals surface area (Å²) in [5.74, 6) is -1.73. The molecule has 6 unspecified atom stereocenters. The number of nitrogens with two attached hydrogens (primary N) is 3. The van der Waals surface area contributed by atoms with Crippen molar-refractivity contribution in [3.8, 4) is 0 Å². The van der Waals surface area contributed by atoms with E-state index in [1.54, 1.807) is 83.1 Å². The lowest BCUT2D eigenvalue weighted by Gasteiger charge is -2.68. The quantitative estimate of drug-likeness (QED) is 0.0984. The molecule has 3 aliphatic heterocycles. The van der Waals surface area contributed by atoms with Crippen molar-refractivity contribution in [2.45, 2.75) is 151 Å². The normalized spacial score (nSPS) is 54.2. The number of hydrogen-bond acceptors (Lipinski definition) is 16. The van der Waals surface area contributed by atoms with E-state index in [-0.39, 0.29) is 39.6 Å². The third kappa shape index (κ3) is 6.80. The summed E-state index contributed by atoms with van der Waals surface area (Å²) in [5.41, 5.74) is 3.52. The lowest BCUT2D eigenvalue weighted by Crippen LogP contribution is -2.85.